The van der Waals surface area contributed by atoms with Crippen LogP contribution in [0.5, 0.6) is 0 Å². The van der Waals surface area contributed by atoms with Gasteiger partial charge < -0.3 is 10.3 Å². The smallest absolute Gasteiger partial charge is 0.245 e. The van der Waals surface area contributed by atoms with Crippen molar-refractivity contribution in [3.8, 4) is 6.07 Å². The Bertz CT molecular complexity index is 332. The molecule has 0 atom stereocenters. The number of rotatable bonds is 2. The monoisotopic (exact) mass is 177 g/mol. The number of carbonyl (C=O) groups is 1. The van der Waals surface area contributed by atoms with Crippen molar-refractivity contribution in [2.75, 3.05) is 5.32 Å². The summed E-state index contributed by atoms with van der Waals surface area (Å²) in [6.45, 7) is 3.15. The third kappa shape index (κ3) is 2.09. The Morgan fingerprint density at radius 3 is 2.85 bits per heavy atom. The summed E-state index contributed by atoms with van der Waals surface area (Å²) in [4.78, 5) is 14.2. The van der Waals surface area contributed by atoms with E-state index >= 15 is 0 Å². The molecule has 2 N–H and O–H groups in total. The first-order valence-electron chi connectivity index (χ1n) is 3.92. The molecule has 0 unspecified atom stereocenters. The van der Waals surface area contributed by atoms with E-state index < -0.39 is 5.41 Å². The quantitative estimate of drug-likeness (QED) is 0.718. The lowest BCUT2D eigenvalue weighted by molar-refractivity contribution is -0.121. The summed E-state index contributed by atoms with van der Waals surface area (Å²) in [5, 5.41) is 11.3. The van der Waals surface area contributed by atoms with Crippen molar-refractivity contribution < 1.29 is 4.79 Å². The van der Waals surface area contributed by atoms with Gasteiger partial charge in [-0.05, 0) is 26.0 Å². The number of nitrogens with one attached hydrogen (secondary N) is 2. The normalized spacial score (nSPS) is 10.5. The first-order valence-corrected chi connectivity index (χ1v) is 3.92. The van der Waals surface area contributed by atoms with Crippen LogP contribution in [0.2, 0.25) is 0 Å². The summed E-state index contributed by atoms with van der Waals surface area (Å²) in [6, 6.07) is 5.43. The molecular weight excluding hydrogens is 166 g/mol. The number of anilines is 1. The first-order chi connectivity index (χ1) is 6.06. The highest BCUT2D eigenvalue weighted by Crippen LogP contribution is 2.15. The van der Waals surface area contributed by atoms with Crippen LogP contribution in [0, 0.1) is 16.7 Å². The van der Waals surface area contributed by atoms with Gasteiger partial charge in [0.05, 0.1) is 6.07 Å². The maximum absolute atomic E-state index is 11.4. The first kappa shape index (κ1) is 9.33. The Labute approximate surface area is 76.6 Å². The molecule has 4 nitrogen and oxygen atoms in total. The molecule has 68 valence electrons. The second-order valence-corrected chi connectivity index (χ2v) is 3.27. The van der Waals surface area contributed by atoms with Crippen LogP contribution in [0.4, 0.5) is 5.82 Å². The molecule has 1 amide bonds. The van der Waals surface area contributed by atoms with E-state index in [0.29, 0.717) is 5.82 Å². The summed E-state index contributed by atoms with van der Waals surface area (Å²) < 4.78 is 0. The number of amides is 1. The maximum atomic E-state index is 11.4. The van der Waals surface area contributed by atoms with Crippen molar-refractivity contribution in [3.05, 3.63) is 18.3 Å². The van der Waals surface area contributed by atoms with Crippen LogP contribution in [0.3, 0.4) is 0 Å². The van der Waals surface area contributed by atoms with E-state index in [4.69, 9.17) is 5.26 Å². The summed E-state index contributed by atoms with van der Waals surface area (Å²) in [5.74, 6) is 0.297. The van der Waals surface area contributed by atoms with Crippen molar-refractivity contribution in [2.45, 2.75) is 13.8 Å². The van der Waals surface area contributed by atoms with Gasteiger partial charge in [0.25, 0.3) is 0 Å². The van der Waals surface area contributed by atoms with Crippen molar-refractivity contribution >= 4 is 11.7 Å². The number of hydrogen-bond donors (Lipinski definition) is 2. The van der Waals surface area contributed by atoms with Gasteiger partial charge >= 0.3 is 0 Å². The van der Waals surface area contributed by atoms with Gasteiger partial charge in [0.2, 0.25) is 5.91 Å². The lowest BCUT2D eigenvalue weighted by Crippen LogP contribution is -2.29. The minimum atomic E-state index is -0.995. The molecule has 1 heterocycles. The van der Waals surface area contributed by atoms with E-state index in [-0.39, 0.29) is 5.91 Å². The highest BCUT2D eigenvalue weighted by atomic mass is 16.2. The minimum absolute atomic E-state index is 0.308. The SMILES string of the molecule is CC(C)(C#N)C(=O)Nc1ccc[nH]1. The van der Waals surface area contributed by atoms with Gasteiger partial charge in [-0.15, -0.1) is 0 Å². The molecule has 0 saturated heterocycles. The topological polar surface area (TPSA) is 68.7 Å². The zero-order chi connectivity index (χ0) is 9.90. The van der Waals surface area contributed by atoms with Gasteiger partial charge in [0.1, 0.15) is 11.2 Å². The van der Waals surface area contributed by atoms with Crippen LogP contribution >= 0.6 is 0 Å². The lowest BCUT2D eigenvalue weighted by atomic mass is 9.95. The van der Waals surface area contributed by atoms with Crippen LogP contribution < -0.4 is 5.32 Å². The zero-order valence-corrected chi connectivity index (χ0v) is 7.59. The van der Waals surface area contributed by atoms with Gasteiger partial charge in [-0.3, -0.25) is 4.79 Å². The number of carbonyl (C=O) groups excluding carboxylic acids is 1. The van der Waals surface area contributed by atoms with Crippen molar-refractivity contribution in [2.24, 2.45) is 5.41 Å². The van der Waals surface area contributed by atoms with Crippen molar-refractivity contribution in [1.82, 2.24) is 4.98 Å². The molecule has 0 bridgehead atoms. The lowest BCUT2D eigenvalue weighted by Gasteiger charge is -2.13. The molecule has 1 rings (SSSR count). The fraction of sp³-hybridized carbons (Fsp3) is 0.333. The molecule has 0 aliphatic heterocycles. The third-order valence-electron chi connectivity index (χ3n) is 1.69. The Hall–Kier alpha value is -1.76. The highest BCUT2D eigenvalue weighted by molar-refractivity contribution is 5.95. The molecule has 0 fully saturated rings. The molecule has 0 aromatic carbocycles. The average molecular weight is 177 g/mol. The molecule has 0 spiro atoms. The fourth-order valence-electron chi connectivity index (χ4n) is 0.737. The predicted molar refractivity (Wildman–Crippen MR) is 48.8 cm³/mol. The molecule has 1 aromatic rings. The van der Waals surface area contributed by atoms with Crippen molar-refractivity contribution in [3.63, 3.8) is 0 Å². The molecule has 1 aromatic heterocycles. The highest BCUT2D eigenvalue weighted by Gasteiger charge is 2.27. The van der Waals surface area contributed by atoms with Crippen LogP contribution in [0.15, 0.2) is 18.3 Å². The Balaban J connectivity index is 2.68. The van der Waals surface area contributed by atoms with E-state index in [1.165, 1.54) is 0 Å². The summed E-state index contributed by atoms with van der Waals surface area (Å²) in [7, 11) is 0. The fourth-order valence-corrected chi connectivity index (χ4v) is 0.737. The van der Waals surface area contributed by atoms with Crippen LogP contribution in [0.25, 0.3) is 0 Å². The molecule has 13 heavy (non-hydrogen) atoms. The van der Waals surface area contributed by atoms with E-state index in [0.717, 1.165) is 0 Å². The number of aromatic nitrogens is 1. The van der Waals surface area contributed by atoms with Crippen LogP contribution in [0.1, 0.15) is 13.8 Å². The summed E-state index contributed by atoms with van der Waals surface area (Å²) in [5.41, 5.74) is -0.995. The van der Waals surface area contributed by atoms with Gasteiger partial charge in [-0.25, -0.2) is 0 Å². The second kappa shape index (κ2) is 3.31. The van der Waals surface area contributed by atoms with E-state index in [9.17, 15) is 4.79 Å². The van der Waals surface area contributed by atoms with Gasteiger partial charge in [0, 0.05) is 6.20 Å². The molecule has 0 saturated carbocycles. The molecular formula is C9H11N3O. The standard InChI is InChI=1S/C9H11N3O/c1-9(2,6-10)8(13)12-7-4-3-5-11-7/h3-5,11H,1-2H3,(H,12,13). The van der Waals surface area contributed by atoms with E-state index in [2.05, 4.69) is 10.3 Å². The number of aromatic amines is 1. The largest absolute Gasteiger partial charge is 0.348 e. The van der Waals surface area contributed by atoms with Gasteiger partial charge in [-0.2, -0.15) is 5.26 Å². The van der Waals surface area contributed by atoms with Crippen LogP contribution in [-0.2, 0) is 4.79 Å². The maximum Gasteiger partial charge on any atom is 0.245 e. The number of hydrogen-bond acceptors (Lipinski definition) is 2. The van der Waals surface area contributed by atoms with E-state index in [1.54, 1.807) is 32.2 Å². The van der Waals surface area contributed by atoms with Gasteiger partial charge in [-0.1, -0.05) is 0 Å². The minimum Gasteiger partial charge on any atom is -0.348 e. The average Bonchev–Trinajstić information content (AvgIpc) is 2.57. The van der Waals surface area contributed by atoms with Gasteiger partial charge in [0.15, 0.2) is 0 Å². The molecule has 4 heteroatoms. The van der Waals surface area contributed by atoms with Crippen molar-refractivity contribution in [1.29, 1.82) is 5.26 Å². The molecule has 0 aliphatic rings. The predicted octanol–water partition coefficient (Wildman–Crippen LogP) is 1.50. The third-order valence-corrected chi connectivity index (χ3v) is 1.69. The Kier molecular flexibility index (Phi) is 2.38. The van der Waals surface area contributed by atoms with E-state index in [1.807, 2.05) is 6.07 Å². The zero-order valence-electron chi connectivity index (χ0n) is 7.59. The second-order valence-electron chi connectivity index (χ2n) is 3.27. The number of nitriles is 1. The molecule has 0 radical (unpaired) electrons. The Morgan fingerprint density at radius 2 is 2.38 bits per heavy atom. The van der Waals surface area contributed by atoms with Crippen LogP contribution in [-0.4, -0.2) is 10.9 Å². The summed E-state index contributed by atoms with van der Waals surface area (Å²) in [6.07, 6.45) is 1.70. The molecule has 0 aliphatic carbocycles. The summed E-state index contributed by atoms with van der Waals surface area (Å²) >= 11 is 0. The number of nitrogens with zero attached hydrogens (tertiary/aromatic N) is 1. The number of H-pyrrole nitrogens is 1. The Morgan fingerprint density at radius 1 is 1.69 bits per heavy atom.